The Morgan fingerprint density at radius 3 is 2.33 bits per heavy atom. The van der Waals surface area contributed by atoms with Crippen molar-refractivity contribution in [1.82, 2.24) is 9.55 Å². The second-order valence-electron chi connectivity index (χ2n) is 3.30. The Kier molecular flexibility index (Phi) is 2.82. The van der Waals surface area contributed by atoms with Gasteiger partial charge in [0.1, 0.15) is 0 Å². The van der Waals surface area contributed by atoms with Crippen LogP contribution in [-0.2, 0) is 10.0 Å². The Morgan fingerprint density at radius 1 is 1.40 bits per heavy atom. The Morgan fingerprint density at radius 2 is 1.93 bits per heavy atom. The molecule has 1 heterocycles. The zero-order chi connectivity index (χ0) is 11.8. The zero-order valence-corrected chi connectivity index (χ0v) is 9.04. The molecule has 0 saturated heterocycles. The highest BCUT2D eigenvalue weighted by Crippen LogP contribution is 2.01. The molecule has 0 saturated carbocycles. The first-order valence-electron chi connectivity index (χ1n) is 4.11. The van der Waals surface area contributed by atoms with Crippen molar-refractivity contribution in [2.45, 2.75) is 24.8 Å². The van der Waals surface area contributed by atoms with E-state index in [0.29, 0.717) is 0 Å². The van der Waals surface area contributed by atoms with Crippen LogP contribution in [-0.4, -0.2) is 18.0 Å². The maximum Gasteiger partial charge on any atom is 0.328 e. The molecular formula is C7H11N3O4S. The summed E-state index contributed by atoms with van der Waals surface area (Å²) in [5, 5.41) is 4.81. The van der Waals surface area contributed by atoms with Crippen molar-refractivity contribution in [2.24, 2.45) is 5.14 Å². The lowest BCUT2D eigenvalue weighted by Crippen LogP contribution is -2.35. The van der Waals surface area contributed by atoms with Gasteiger partial charge in [0.05, 0.1) is 0 Å². The summed E-state index contributed by atoms with van der Waals surface area (Å²) < 4.78 is 23.0. The van der Waals surface area contributed by atoms with Crippen LogP contribution in [0.1, 0.15) is 19.9 Å². The van der Waals surface area contributed by atoms with Crippen LogP contribution in [0.5, 0.6) is 0 Å². The van der Waals surface area contributed by atoms with Gasteiger partial charge >= 0.3 is 5.69 Å². The Bertz CT molecular complexity index is 581. The summed E-state index contributed by atoms with van der Waals surface area (Å²) in [6, 6.07) is -0.269. The standard InChI is InChI=1S/C7H11N3O4S/c1-4(2)10-3-5(15(8,13)14)6(11)9-7(10)12/h3-4H,1-2H3,(H2,8,13,14)(H,9,11,12). The molecule has 0 spiro atoms. The summed E-state index contributed by atoms with van der Waals surface area (Å²) >= 11 is 0. The predicted molar refractivity (Wildman–Crippen MR) is 53.1 cm³/mol. The monoisotopic (exact) mass is 233 g/mol. The fraction of sp³-hybridized carbons (Fsp3) is 0.429. The number of hydrogen-bond donors (Lipinski definition) is 2. The van der Waals surface area contributed by atoms with Crippen LogP contribution >= 0.6 is 0 Å². The largest absolute Gasteiger partial charge is 0.328 e. The molecule has 1 aromatic rings. The quantitative estimate of drug-likeness (QED) is 0.665. The van der Waals surface area contributed by atoms with E-state index < -0.39 is 26.2 Å². The molecule has 1 rings (SSSR count). The van der Waals surface area contributed by atoms with Crippen molar-refractivity contribution in [3.63, 3.8) is 0 Å². The highest BCUT2D eigenvalue weighted by Gasteiger charge is 2.16. The van der Waals surface area contributed by atoms with Gasteiger partial charge in [-0.25, -0.2) is 18.4 Å². The van der Waals surface area contributed by atoms with Gasteiger partial charge in [-0.15, -0.1) is 0 Å². The SMILES string of the molecule is CC(C)n1cc(S(N)(=O)=O)c(=O)[nH]c1=O. The molecule has 0 radical (unpaired) electrons. The summed E-state index contributed by atoms with van der Waals surface area (Å²) in [5.74, 6) is 0. The highest BCUT2D eigenvalue weighted by molar-refractivity contribution is 7.89. The number of nitrogens with zero attached hydrogens (tertiary/aromatic N) is 1. The average Bonchev–Trinajstić information content (AvgIpc) is 2.00. The topological polar surface area (TPSA) is 115 Å². The van der Waals surface area contributed by atoms with Crippen molar-refractivity contribution >= 4 is 10.0 Å². The smallest absolute Gasteiger partial charge is 0.297 e. The molecule has 0 aliphatic rings. The van der Waals surface area contributed by atoms with Crippen LogP contribution in [0.15, 0.2) is 20.7 Å². The van der Waals surface area contributed by atoms with Crippen LogP contribution in [0.3, 0.4) is 0 Å². The van der Waals surface area contributed by atoms with Crippen molar-refractivity contribution in [2.75, 3.05) is 0 Å². The van der Waals surface area contributed by atoms with Gasteiger partial charge in [-0.05, 0) is 13.8 Å². The second kappa shape index (κ2) is 3.63. The van der Waals surface area contributed by atoms with Crippen molar-refractivity contribution in [1.29, 1.82) is 0 Å². The molecule has 8 heteroatoms. The van der Waals surface area contributed by atoms with E-state index in [1.807, 2.05) is 4.98 Å². The van der Waals surface area contributed by atoms with Crippen LogP contribution in [0, 0.1) is 0 Å². The van der Waals surface area contributed by atoms with Crippen molar-refractivity contribution in [3.8, 4) is 0 Å². The molecule has 1 aromatic heterocycles. The molecule has 15 heavy (non-hydrogen) atoms. The van der Waals surface area contributed by atoms with E-state index in [1.165, 1.54) is 0 Å². The molecule has 0 aliphatic carbocycles. The number of aromatic amines is 1. The van der Waals surface area contributed by atoms with E-state index in [4.69, 9.17) is 5.14 Å². The molecule has 0 aromatic carbocycles. The van der Waals surface area contributed by atoms with Gasteiger partial charge in [0.25, 0.3) is 5.56 Å². The molecule has 0 fully saturated rings. The minimum atomic E-state index is -4.11. The maximum absolute atomic E-state index is 11.2. The number of rotatable bonds is 2. The molecule has 7 nitrogen and oxygen atoms in total. The zero-order valence-electron chi connectivity index (χ0n) is 8.22. The number of primary sulfonamides is 1. The third-order valence-corrected chi connectivity index (χ3v) is 2.70. The number of hydrogen-bond acceptors (Lipinski definition) is 4. The maximum atomic E-state index is 11.2. The minimum Gasteiger partial charge on any atom is -0.297 e. The number of sulfonamides is 1. The van der Waals surface area contributed by atoms with Gasteiger partial charge in [0.15, 0.2) is 4.90 Å². The number of H-pyrrole nitrogens is 1. The first-order chi connectivity index (χ1) is 6.73. The normalized spacial score (nSPS) is 12.0. The van der Waals surface area contributed by atoms with Crippen LogP contribution in [0.4, 0.5) is 0 Å². The molecule has 84 valence electrons. The first kappa shape index (κ1) is 11.7. The second-order valence-corrected chi connectivity index (χ2v) is 4.83. The highest BCUT2D eigenvalue weighted by atomic mass is 32.2. The first-order valence-corrected chi connectivity index (χ1v) is 5.66. The summed E-state index contributed by atoms with van der Waals surface area (Å²) in [4.78, 5) is 23.6. The summed E-state index contributed by atoms with van der Waals surface area (Å²) in [5.41, 5.74) is -1.66. The van der Waals surface area contributed by atoms with E-state index in [1.54, 1.807) is 13.8 Å². The van der Waals surface area contributed by atoms with Crippen molar-refractivity contribution < 1.29 is 8.42 Å². The number of nitrogens with one attached hydrogen (secondary N) is 1. The van der Waals surface area contributed by atoms with Crippen LogP contribution < -0.4 is 16.4 Å². The minimum absolute atomic E-state index is 0.269. The molecular weight excluding hydrogens is 222 g/mol. The van der Waals surface area contributed by atoms with E-state index in [0.717, 1.165) is 10.8 Å². The van der Waals surface area contributed by atoms with E-state index in [2.05, 4.69) is 0 Å². The van der Waals surface area contributed by atoms with Gasteiger partial charge in [-0.3, -0.25) is 14.3 Å². The molecule has 0 atom stereocenters. The Labute approximate surface area is 85.6 Å². The van der Waals surface area contributed by atoms with E-state index in [-0.39, 0.29) is 6.04 Å². The van der Waals surface area contributed by atoms with Gasteiger partial charge in [0, 0.05) is 12.2 Å². The van der Waals surface area contributed by atoms with Gasteiger partial charge < -0.3 is 0 Å². The lowest BCUT2D eigenvalue weighted by molar-refractivity contribution is 0.545. The summed E-state index contributed by atoms with van der Waals surface area (Å²) in [6.07, 6.45) is 0.946. The third kappa shape index (κ3) is 2.34. The fourth-order valence-electron chi connectivity index (χ4n) is 1.05. The number of nitrogens with two attached hydrogens (primary N) is 1. The van der Waals surface area contributed by atoms with Gasteiger partial charge in [-0.2, -0.15) is 0 Å². The third-order valence-electron chi connectivity index (χ3n) is 1.80. The molecule has 0 amide bonds. The van der Waals surface area contributed by atoms with Gasteiger partial charge in [-0.1, -0.05) is 0 Å². The lowest BCUT2D eigenvalue weighted by Gasteiger charge is -2.09. The predicted octanol–water partition coefficient (Wildman–Crippen LogP) is -1.24. The molecule has 0 aliphatic heterocycles. The molecule has 0 bridgehead atoms. The Hall–Kier alpha value is -1.41. The Balaban J connectivity index is 3.66. The van der Waals surface area contributed by atoms with Crippen LogP contribution in [0.25, 0.3) is 0 Å². The van der Waals surface area contributed by atoms with E-state index in [9.17, 15) is 18.0 Å². The average molecular weight is 233 g/mol. The summed E-state index contributed by atoms with van der Waals surface area (Å²) in [6.45, 7) is 3.35. The fourth-order valence-corrected chi connectivity index (χ4v) is 1.62. The lowest BCUT2D eigenvalue weighted by atomic mass is 10.4. The van der Waals surface area contributed by atoms with Crippen molar-refractivity contribution in [3.05, 3.63) is 27.0 Å². The number of aromatic nitrogens is 2. The van der Waals surface area contributed by atoms with Gasteiger partial charge in [0.2, 0.25) is 10.0 Å². The molecule has 0 unspecified atom stereocenters. The summed E-state index contributed by atoms with van der Waals surface area (Å²) in [7, 11) is -4.11. The van der Waals surface area contributed by atoms with Crippen LogP contribution in [0.2, 0.25) is 0 Å². The van der Waals surface area contributed by atoms with E-state index >= 15 is 0 Å². The molecule has 3 N–H and O–H groups in total.